The number of hydrogen-bond acceptors (Lipinski definition) is 0. The van der Waals surface area contributed by atoms with Gasteiger partial charge >= 0.3 is 0 Å². The first-order valence-corrected chi connectivity index (χ1v) is 20.3. The normalized spacial score (nSPS) is 14.7. The van der Waals surface area contributed by atoms with Crippen LogP contribution in [0.2, 0.25) is 0 Å². The van der Waals surface area contributed by atoms with Gasteiger partial charge in [-0.2, -0.15) is 0 Å². The Morgan fingerprint density at radius 3 is 2.04 bits per heavy atom. The van der Waals surface area contributed by atoms with Crippen LogP contribution >= 0.6 is 0 Å². The highest BCUT2D eigenvalue weighted by atomic mass is 14.2. The minimum Gasteiger partial charge on any atom is -0.106 e. The Labute approximate surface area is 334 Å². The lowest BCUT2D eigenvalue weighted by atomic mass is 9.81. The lowest BCUT2D eigenvalue weighted by Crippen LogP contribution is -2.04. The van der Waals surface area contributed by atoms with Crippen molar-refractivity contribution in [1.29, 1.82) is 0 Å². The molecule has 1 unspecified atom stereocenters. The van der Waals surface area contributed by atoms with Crippen molar-refractivity contribution < 1.29 is 0 Å². The summed E-state index contributed by atoms with van der Waals surface area (Å²) in [6, 6.07) is 47.7. The molecule has 0 saturated heterocycles. The van der Waals surface area contributed by atoms with E-state index in [0.717, 1.165) is 25.7 Å². The average molecular weight is 725 g/mol. The fraction of sp³-hybridized carbons (Fsp3) is 0.143. The van der Waals surface area contributed by atoms with Crippen molar-refractivity contribution in [2.75, 3.05) is 0 Å². The average Bonchev–Trinajstić information content (AvgIpc) is 3.28. The summed E-state index contributed by atoms with van der Waals surface area (Å²) >= 11 is 0. The van der Waals surface area contributed by atoms with Crippen LogP contribution in [-0.2, 0) is 6.42 Å². The molecule has 0 heterocycles. The molecule has 2 aliphatic rings. The zero-order valence-corrected chi connectivity index (χ0v) is 33.2. The lowest BCUT2D eigenvalue weighted by Gasteiger charge is -2.23. The molecule has 0 fully saturated rings. The van der Waals surface area contributed by atoms with Crippen LogP contribution < -0.4 is 0 Å². The maximum Gasteiger partial charge on any atom is 0.00584 e. The lowest BCUT2D eigenvalue weighted by molar-refractivity contribution is 0.785. The molecule has 0 heteroatoms. The Balaban J connectivity index is 0.00000117. The van der Waals surface area contributed by atoms with Crippen LogP contribution in [0.4, 0.5) is 0 Å². The van der Waals surface area contributed by atoms with Gasteiger partial charge < -0.3 is 0 Å². The van der Waals surface area contributed by atoms with E-state index < -0.39 is 0 Å². The third-order valence-electron chi connectivity index (χ3n) is 11.1. The van der Waals surface area contributed by atoms with Gasteiger partial charge in [-0.3, -0.25) is 0 Å². The summed E-state index contributed by atoms with van der Waals surface area (Å²) in [6.07, 6.45) is 20.3. The van der Waals surface area contributed by atoms with Crippen LogP contribution in [0, 0.1) is 5.92 Å². The summed E-state index contributed by atoms with van der Waals surface area (Å²) in [4.78, 5) is 0. The molecule has 0 spiro atoms. The minimum absolute atomic E-state index is 0.313. The molecule has 7 aromatic carbocycles. The smallest absolute Gasteiger partial charge is 0.00584 e. The second-order valence-electron chi connectivity index (χ2n) is 14.2. The van der Waals surface area contributed by atoms with Crippen molar-refractivity contribution in [3.8, 4) is 33.4 Å². The van der Waals surface area contributed by atoms with Crippen LogP contribution in [0.15, 0.2) is 189 Å². The summed E-state index contributed by atoms with van der Waals surface area (Å²) < 4.78 is 0. The van der Waals surface area contributed by atoms with Gasteiger partial charge in [0.15, 0.2) is 0 Å². The molecule has 0 saturated carbocycles. The van der Waals surface area contributed by atoms with Crippen molar-refractivity contribution in [2.24, 2.45) is 5.92 Å². The SMILES string of the molecule is C=C.C=C/C(=C\CC)C1C=C(c2c3ccccc3c(-c3ccc(-c4cccc5c4CCC=C5)cc3)c3cc(-c4cccc5ccccc45)ccc23)C=CC1.CC. The van der Waals surface area contributed by atoms with Crippen LogP contribution in [0.1, 0.15) is 56.7 Å². The summed E-state index contributed by atoms with van der Waals surface area (Å²) in [7, 11) is 0. The summed E-state index contributed by atoms with van der Waals surface area (Å²) in [6.45, 7) is 16.4. The Kier molecular flexibility index (Phi) is 11.9. The van der Waals surface area contributed by atoms with Crippen molar-refractivity contribution in [3.05, 3.63) is 206 Å². The van der Waals surface area contributed by atoms with E-state index in [9.17, 15) is 0 Å². The predicted octanol–water partition coefficient (Wildman–Crippen LogP) is 16.4. The maximum absolute atomic E-state index is 4.18. The highest BCUT2D eigenvalue weighted by Gasteiger charge is 2.21. The van der Waals surface area contributed by atoms with Crippen LogP contribution in [0.5, 0.6) is 0 Å². The van der Waals surface area contributed by atoms with Gasteiger partial charge in [-0.25, -0.2) is 0 Å². The first-order valence-electron chi connectivity index (χ1n) is 20.3. The Morgan fingerprint density at radius 2 is 1.27 bits per heavy atom. The Bertz CT molecular complexity index is 2650. The zero-order chi connectivity index (χ0) is 39.0. The molecule has 7 aromatic rings. The van der Waals surface area contributed by atoms with Crippen molar-refractivity contribution in [3.63, 3.8) is 0 Å². The van der Waals surface area contributed by atoms with E-state index in [1.807, 2.05) is 19.9 Å². The van der Waals surface area contributed by atoms with Gasteiger partial charge in [-0.1, -0.05) is 191 Å². The topological polar surface area (TPSA) is 0 Å². The predicted molar refractivity (Wildman–Crippen MR) is 249 cm³/mol. The molecule has 1 atom stereocenters. The first-order chi connectivity index (χ1) is 27.7. The van der Waals surface area contributed by atoms with E-state index >= 15 is 0 Å². The number of hydrogen-bond donors (Lipinski definition) is 0. The second kappa shape index (κ2) is 17.5. The highest BCUT2D eigenvalue weighted by Crippen LogP contribution is 2.46. The molecule has 276 valence electrons. The maximum atomic E-state index is 4.18. The van der Waals surface area contributed by atoms with Gasteiger partial charge in [-0.05, 0) is 125 Å². The molecule has 2 aliphatic carbocycles. The standard InChI is InChI=1S/C52H42.C2H6.C2H4/c1-3-14-35(4-2)40-19-11-20-42(33-40)52-48-24-10-9-23-47(48)51(39-29-27-38(28-30-39)45-25-12-17-36-15-5-7-21-43(36)45)50-34-41(31-32-49(50)52)46-26-13-18-37-16-6-8-22-44(37)46;2*1-2/h4-6,8-18,20,22-34,40H,2-3,7,19,21H2,1H3;1-2H3;1-2H2/b35-14+;;. The molecule has 0 aliphatic heterocycles. The number of allylic oxidation sites excluding steroid dienone is 8. The fourth-order valence-corrected chi connectivity index (χ4v) is 8.71. The molecule has 0 aromatic heterocycles. The molecule has 56 heavy (non-hydrogen) atoms. The fourth-order valence-electron chi connectivity index (χ4n) is 8.71. The zero-order valence-electron chi connectivity index (χ0n) is 33.2. The summed E-state index contributed by atoms with van der Waals surface area (Å²) in [5.74, 6) is 0.313. The van der Waals surface area contributed by atoms with E-state index in [2.05, 4.69) is 191 Å². The van der Waals surface area contributed by atoms with Gasteiger partial charge in [-0.15, -0.1) is 13.2 Å². The molecule has 0 amide bonds. The van der Waals surface area contributed by atoms with Crippen molar-refractivity contribution >= 4 is 44.0 Å². The Hall–Kier alpha value is -6.24. The third kappa shape index (κ3) is 7.16. The largest absolute Gasteiger partial charge is 0.106 e. The first kappa shape index (κ1) is 38.1. The molecule has 9 rings (SSSR count). The minimum atomic E-state index is 0.313. The Morgan fingerprint density at radius 1 is 0.625 bits per heavy atom. The number of rotatable bonds is 7. The van der Waals surface area contributed by atoms with E-state index in [4.69, 9.17) is 0 Å². The van der Waals surface area contributed by atoms with E-state index in [0.29, 0.717) is 5.92 Å². The van der Waals surface area contributed by atoms with Gasteiger partial charge in [0.1, 0.15) is 0 Å². The second-order valence-corrected chi connectivity index (χ2v) is 14.2. The highest BCUT2D eigenvalue weighted by molar-refractivity contribution is 6.20. The summed E-state index contributed by atoms with van der Waals surface area (Å²) in [5, 5.41) is 7.65. The van der Waals surface area contributed by atoms with Gasteiger partial charge in [0.25, 0.3) is 0 Å². The molecular formula is C56H52. The van der Waals surface area contributed by atoms with Crippen LogP contribution in [0.25, 0.3) is 77.3 Å². The van der Waals surface area contributed by atoms with Crippen molar-refractivity contribution in [1.82, 2.24) is 0 Å². The summed E-state index contributed by atoms with van der Waals surface area (Å²) in [5.41, 5.74) is 14.3. The molecule has 0 N–H and O–H groups in total. The molecule has 0 bridgehead atoms. The van der Waals surface area contributed by atoms with Gasteiger partial charge in [0.05, 0.1) is 0 Å². The van der Waals surface area contributed by atoms with Gasteiger partial charge in [0, 0.05) is 5.92 Å². The van der Waals surface area contributed by atoms with Crippen LogP contribution in [0.3, 0.4) is 0 Å². The molecule has 0 nitrogen and oxygen atoms in total. The monoisotopic (exact) mass is 724 g/mol. The van der Waals surface area contributed by atoms with Gasteiger partial charge in [0.2, 0.25) is 0 Å². The third-order valence-corrected chi connectivity index (χ3v) is 11.1. The van der Waals surface area contributed by atoms with E-state index in [1.165, 1.54) is 93.5 Å². The molecular weight excluding hydrogens is 673 g/mol. The molecule has 0 radical (unpaired) electrons. The number of benzene rings is 7. The van der Waals surface area contributed by atoms with Crippen molar-refractivity contribution in [2.45, 2.75) is 46.5 Å². The number of fused-ring (bicyclic) bond motifs is 4. The van der Waals surface area contributed by atoms with E-state index in [1.54, 1.807) is 0 Å². The quantitative estimate of drug-likeness (QED) is 0.0872. The van der Waals surface area contributed by atoms with E-state index in [-0.39, 0.29) is 0 Å². The van der Waals surface area contributed by atoms with Crippen LogP contribution in [-0.4, -0.2) is 0 Å².